The van der Waals surface area contributed by atoms with Gasteiger partial charge in [-0.2, -0.15) is 0 Å². The average Bonchev–Trinajstić information content (AvgIpc) is 2.62. The lowest BCUT2D eigenvalue weighted by Crippen LogP contribution is -2.41. The summed E-state index contributed by atoms with van der Waals surface area (Å²) in [5.74, 6) is -0.258. The predicted octanol–water partition coefficient (Wildman–Crippen LogP) is 6.12. The number of carbonyl (C=O) groups excluding carboxylic acids is 1. The minimum atomic E-state index is -1.85. The van der Waals surface area contributed by atoms with Crippen LogP contribution in [0.15, 0.2) is 41.6 Å². The lowest BCUT2D eigenvalue weighted by Gasteiger charge is -2.38. The van der Waals surface area contributed by atoms with Crippen LogP contribution < -0.4 is 0 Å². The second-order valence-electron chi connectivity index (χ2n) is 7.75. The first-order valence-electron chi connectivity index (χ1n) is 9.84. The van der Waals surface area contributed by atoms with E-state index < -0.39 is 16.4 Å². The molecule has 3 nitrogen and oxygen atoms in total. The summed E-state index contributed by atoms with van der Waals surface area (Å²) in [6, 6.07) is 13.6. The lowest BCUT2D eigenvalue weighted by molar-refractivity contribution is -0.137. The molecule has 26 heavy (non-hydrogen) atoms. The van der Waals surface area contributed by atoms with Crippen LogP contribution >= 0.6 is 0 Å². The molecule has 0 aliphatic heterocycles. The van der Waals surface area contributed by atoms with Gasteiger partial charge in [0.2, 0.25) is 0 Å². The maximum Gasteiger partial charge on any atom is 0.330 e. The molecule has 1 rings (SSSR count). The van der Waals surface area contributed by atoms with Crippen LogP contribution in [0.2, 0.25) is 37.8 Å². The van der Waals surface area contributed by atoms with E-state index in [1.807, 2.05) is 25.1 Å². The molecule has 0 fully saturated rings. The van der Waals surface area contributed by atoms with Gasteiger partial charge >= 0.3 is 5.97 Å². The number of hydrogen-bond acceptors (Lipinski definition) is 3. The third-order valence-corrected chi connectivity index (χ3v) is 11.9. The van der Waals surface area contributed by atoms with Crippen LogP contribution in [0.4, 0.5) is 0 Å². The summed E-state index contributed by atoms with van der Waals surface area (Å²) in [5.41, 5.74) is 1.14. The number of carbonyl (C=O) groups is 1. The summed E-state index contributed by atoms with van der Waals surface area (Å²) in [6.07, 6.45) is 1.56. The van der Waals surface area contributed by atoms with E-state index in [2.05, 4.69) is 52.5 Å². The molecule has 0 bridgehead atoms. The van der Waals surface area contributed by atoms with Gasteiger partial charge < -0.3 is 9.16 Å². The van der Waals surface area contributed by atoms with Gasteiger partial charge in [0, 0.05) is 6.08 Å². The molecule has 1 aromatic carbocycles. The Hall–Kier alpha value is -1.18. The van der Waals surface area contributed by atoms with Gasteiger partial charge in [-0.25, -0.2) is 4.79 Å². The van der Waals surface area contributed by atoms with Gasteiger partial charge in [0.15, 0.2) is 8.32 Å². The third-order valence-electron chi connectivity index (χ3n) is 5.11. The van der Waals surface area contributed by atoms with Gasteiger partial charge in [-0.05, 0) is 35.8 Å². The largest absolute Gasteiger partial charge is 0.463 e. The Labute approximate surface area is 161 Å². The Morgan fingerprint density at radius 3 is 1.96 bits per heavy atom. The zero-order chi connectivity index (χ0) is 19.8. The Morgan fingerprint density at radius 2 is 1.54 bits per heavy atom. The van der Waals surface area contributed by atoms with E-state index in [1.54, 1.807) is 6.08 Å². The Kier molecular flexibility index (Phi) is 9.00. The van der Waals surface area contributed by atoms with Gasteiger partial charge in [-0.3, -0.25) is 0 Å². The van der Waals surface area contributed by atoms with E-state index in [0.717, 1.165) is 28.9 Å². The van der Waals surface area contributed by atoms with Gasteiger partial charge in [0.25, 0.3) is 0 Å². The number of ether oxygens (including phenoxy) is 1. The van der Waals surface area contributed by atoms with Crippen molar-refractivity contribution in [2.45, 2.75) is 71.6 Å². The van der Waals surface area contributed by atoms with Crippen molar-refractivity contribution < 1.29 is 14.0 Å². The minimum absolute atomic E-state index is 0.154. The van der Waals surface area contributed by atoms with Crippen molar-refractivity contribution in [3.8, 4) is 0 Å². The third kappa shape index (κ3) is 6.21. The summed E-state index contributed by atoms with van der Waals surface area (Å²) in [7, 11) is -3.65. The predicted molar refractivity (Wildman–Crippen MR) is 116 cm³/mol. The molecule has 0 spiro atoms. The van der Waals surface area contributed by atoms with Crippen molar-refractivity contribution in [1.29, 1.82) is 0 Å². The molecule has 0 aromatic heterocycles. The monoisotopic (exact) mass is 392 g/mol. The molecule has 0 aliphatic carbocycles. The molecule has 0 amide bonds. The Bertz CT molecular complexity index is 579. The van der Waals surface area contributed by atoms with Crippen LogP contribution in [0, 0.1) is 0 Å². The highest BCUT2D eigenvalue weighted by Crippen LogP contribution is 2.38. The van der Waals surface area contributed by atoms with E-state index in [1.165, 1.54) is 0 Å². The second kappa shape index (κ2) is 10.2. The summed E-state index contributed by atoms with van der Waals surface area (Å²) in [5, 5.41) is 1.12. The van der Waals surface area contributed by atoms with E-state index in [-0.39, 0.29) is 12.1 Å². The summed E-state index contributed by atoms with van der Waals surface area (Å²) >= 11 is 0. The van der Waals surface area contributed by atoms with Crippen molar-refractivity contribution in [2.75, 3.05) is 6.61 Å². The van der Waals surface area contributed by atoms with E-state index in [0.29, 0.717) is 6.61 Å². The molecule has 0 radical (unpaired) electrons. The van der Waals surface area contributed by atoms with Crippen LogP contribution in [0.1, 0.15) is 39.4 Å². The van der Waals surface area contributed by atoms with Crippen molar-refractivity contribution in [1.82, 2.24) is 0 Å². The molecule has 0 aliphatic rings. The van der Waals surface area contributed by atoms with E-state index >= 15 is 0 Å². The number of esters is 1. The standard InChI is InChI=1S/C21H36O3Si2/c1-8-23-20(22)17-19(25(5,6)7)21(18-15-13-12-14-16-18)24-26(9-2,10-3)11-4/h12-17,21H,8-11H2,1-7H3/b19-17-. The molecule has 1 atom stereocenters. The van der Waals surface area contributed by atoms with Gasteiger partial charge in [0.1, 0.15) is 0 Å². The average molecular weight is 393 g/mol. The number of hydrogen-bond donors (Lipinski definition) is 0. The molecule has 0 N–H and O–H groups in total. The zero-order valence-corrected chi connectivity index (χ0v) is 19.6. The SMILES string of the molecule is CCOC(=O)/C=C(/C(O[Si](CC)(CC)CC)c1ccccc1)[Si](C)(C)C. The first-order chi connectivity index (χ1) is 12.2. The van der Waals surface area contributed by atoms with Crippen molar-refractivity contribution >= 4 is 22.4 Å². The van der Waals surface area contributed by atoms with Gasteiger partial charge in [0.05, 0.1) is 20.8 Å². The lowest BCUT2D eigenvalue weighted by atomic mass is 10.1. The fraction of sp³-hybridized carbons (Fsp3) is 0.571. The smallest absolute Gasteiger partial charge is 0.330 e. The van der Waals surface area contributed by atoms with Crippen LogP contribution in [0.25, 0.3) is 0 Å². The summed E-state index contributed by atoms with van der Waals surface area (Å²) < 4.78 is 12.2. The molecule has 146 valence electrons. The van der Waals surface area contributed by atoms with Crippen LogP contribution in [0.5, 0.6) is 0 Å². The quantitative estimate of drug-likeness (QED) is 0.273. The normalized spacial score (nSPS) is 14.2. The van der Waals surface area contributed by atoms with Crippen molar-refractivity contribution in [2.24, 2.45) is 0 Å². The van der Waals surface area contributed by atoms with Gasteiger partial charge in [-0.15, -0.1) is 0 Å². The fourth-order valence-corrected chi connectivity index (χ4v) is 7.63. The van der Waals surface area contributed by atoms with Crippen molar-refractivity contribution in [3.63, 3.8) is 0 Å². The van der Waals surface area contributed by atoms with Crippen molar-refractivity contribution in [3.05, 3.63) is 47.2 Å². The fourth-order valence-electron chi connectivity index (χ4n) is 3.19. The Balaban J connectivity index is 3.47. The van der Waals surface area contributed by atoms with Crippen LogP contribution in [0.3, 0.4) is 0 Å². The summed E-state index contributed by atoms with van der Waals surface area (Å²) in [4.78, 5) is 12.3. The van der Waals surface area contributed by atoms with Gasteiger partial charge in [-0.1, -0.05) is 70.7 Å². The first-order valence-corrected chi connectivity index (χ1v) is 15.9. The van der Waals surface area contributed by atoms with E-state index in [4.69, 9.17) is 9.16 Å². The number of benzene rings is 1. The Morgan fingerprint density at radius 1 is 1.00 bits per heavy atom. The highest BCUT2D eigenvalue weighted by molar-refractivity contribution is 6.83. The molecule has 5 heteroatoms. The molecule has 0 saturated heterocycles. The molecular weight excluding hydrogens is 356 g/mol. The first kappa shape index (κ1) is 22.9. The summed E-state index contributed by atoms with van der Waals surface area (Å²) in [6.45, 7) is 15.8. The van der Waals surface area contributed by atoms with Crippen LogP contribution in [-0.4, -0.2) is 29.0 Å². The molecule has 0 saturated carbocycles. The highest BCUT2D eigenvalue weighted by Gasteiger charge is 2.37. The molecule has 1 aromatic rings. The molecule has 1 unspecified atom stereocenters. The van der Waals surface area contributed by atoms with E-state index in [9.17, 15) is 4.79 Å². The maximum atomic E-state index is 12.3. The molecule has 0 heterocycles. The highest BCUT2D eigenvalue weighted by atomic mass is 28.4. The number of rotatable bonds is 10. The second-order valence-corrected chi connectivity index (χ2v) is 17.6. The topological polar surface area (TPSA) is 35.5 Å². The van der Waals surface area contributed by atoms with Crippen LogP contribution in [-0.2, 0) is 14.0 Å². The maximum absolute atomic E-state index is 12.3. The minimum Gasteiger partial charge on any atom is -0.463 e. The zero-order valence-electron chi connectivity index (χ0n) is 17.6. The molecular formula is C21H36O3Si2.